The maximum atomic E-state index is 2.42. The molecule has 0 N–H and O–H groups in total. The van der Waals surface area contributed by atoms with E-state index in [1.165, 1.54) is 12.8 Å². The predicted molar refractivity (Wildman–Crippen MR) is 46.0 cm³/mol. The van der Waals surface area contributed by atoms with Gasteiger partial charge in [0.05, 0.1) is 0 Å². The molecule has 0 bridgehead atoms. The van der Waals surface area contributed by atoms with Crippen molar-refractivity contribution < 1.29 is 0 Å². The highest BCUT2D eigenvalue weighted by molar-refractivity contribution is 5.00. The van der Waals surface area contributed by atoms with E-state index < -0.39 is 0 Å². The van der Waals surface area contributed by atoms with Crippen LogP contribution in [0.4, 0.5) is 0 Å². The third-order valence-electron chi connectivity index (χ3n) is 3.88. The normalized spacial score (nSPS) is 44.7. The number of hydrogen-bond donors (Lipinski definition) is 0. The van der Waals surface area contributed by atoms with Gasteiger partial charge in [-0.25, -0.2) is 0 Å². The summed E-state index contributed by atoms with van der Waals surface area (Å²) in [6, 6.07) is 0. The molecule has 1 aliphatic rings. The first kappa shape index (κ1) is 8.10. The average molecular weight is 140 g/mol. The van der Waals surface area contributed by atoms with Crippen molar-refractivity contribution in [1.82, 2.24) is 0 Å². The van der Waals surface area contributed by atoms with Crippen LogP contribution in [0.5, 0.6) is 0 Å². The smallest absolute Gasteiger partial charge is 0.0293 e. The van der Waals surface area contributed by atoms with E-state index in [0.717, 1.165) is 5.92 Å². The fourth-order valence-corrected chi connectivity index (χ4v) is 2.59. The monoisotopic (exact) mass is 140 g/mol. The van der Waals surface area contributed by atoms with Gasteiger partial charge in [-0.05, 0) is 23.2 Å². The van der Waals surface area contributed by atoms with Crippen molar-refractivity contribution in [3.05, 3.63) is 0 Å². The third-order valence-corrected chi connectivity index (χ3v) is 3.88. The highest BCUT2D eigenvalue weighted by Crippen LogP contribution is 2.60. The number of hydrogen-bond acceptors (Lipinski definition) is 0. The van der Waals surface area contributed by atoms with Crippen LogP contribution in [0.15, 0.2) is 0 Å². The molecule has 0 radical (unpaired) electrons. The summed E-state index contributed by atoms with van der Waals surface area (Å²) in [5, 5.41) is 0. The Morgan fingerprint density at radius 3 is 1.90 bits per heavy atom. The zero-order chi connectivity index (χ0) is 7.99. The van der Waals surface area contributed by atoms with Crippen LogP contribution in [-0.4, -0.2) is 0 Å². The van der Waals surface area contributed by atoms with E-state index >= 15 is 0 Å². The van der Waals surface area contributed by atoms with Gasteiger partial charge in [-0.1, -0.05) is 41.0 Å². The van der Waals surface area contributed by atoms with Crippen LogP contribution in [-0.2, 0) is 0 Å². The van der Waals surface area contributed by atoms with Crippen LogP contribution in [0.3, 0.4) is 0 Å². The summed E-state index contributed by atoms with van der Waals surface area (Å²) in [6.07, 6.45) is 2.76. The fourth-order valence-electron chi connectivity index (χ4n) is 2.59. The van der Waals surface area contributed by atoms with Crippen molar-refractivity contribution in [3.63, 3.8) is 0 Å². The molecule has 0 spiro atoms. The Morgan fingerprint density at radius 1 is 1.30 bits per heavy atom. The summed E-state index contributed by atoms with van der Waals surface area (Å²) in [7, 11) is 0. The van der Waals surface area contributed by atoms with Gasteiger partial charge in [-0.2, -0.15) is 0 Å². The Bertz CT molecular complexity index is 135. The molecular formula is C10H20. The van der Waals surface area contributed by atoms with E-state index in [1.807, 2.05) is 0 Å². The lowest BCUT2D eigenvalue weighted by atomic mass is 9.47. The lowest BCUT2D eigenvalue weighted by Gasteiger charge is -2.58. The summed E-state index contributed by atoms with van der Waals surface area (Å²) in [5.41, 5.74) is 1.27. The molecule has 60 valence electrons. The standard InChI is InChI=1S/C10H20/c1-6-10(5)7-9(3,4)8(10)2/h8H,6-7H2,1-5H3. The lowest BCUT2D eigenvalue weighted by Crippen LogP contribution is -2.49. The molecule has 0 aromatic rings. The molecule has 0 aromatic heterocycles. The van der Waals surface area contributed by atoms with E-state index in [9.17, 15) is 0 Å². The van der Waals surface area contributed by atoms with E-state index in [4.69, 9.17) is 0 Å². The topological polar surface area (TPSA) is 0 Å². The largest absolute Gasteiger partial charge is 0.0649 e. The summed E-state index contributed by atoms with van der Waals surface area (Å²) in [4.78, 5) is 0. The first-order valence-electron chi connectivity index (χ1n) is 4.42. The van der Waals surface area contributed by atoms with Gasteiger partial charge in [0, 0.05) is 0 Å². The fraction of sp³-hybridized carbons (Fsp3) is 1.00. The number of rotatable bonds is 1. The Kier molecular flexibility index (Phi) is 1.61. The lowest BCUT2D eigenvalue weighted by molar-refractivity contribution is -0.0835. The second-order valence-corrected chi connectivity index (χ2v) is 4.89. The van der Waals surface area contributed by atoms with Crippen LogP contribution < -0.4 is 0 Å². The molecule has 1 fully saturated rings. The van der Waals surface area contributed by atoms with Gasteiger partial charge in [0.1, 0.15) is 0 Å². The van der Waals surface area contributed by atoms with Crippen molar-refractivity contribution in [2.45, 2.75) is 47.5 Å². The van der Waals surface area contributed by atoms with Crippen molar-refractivity contribution in [2.75, 3.05) is 0 Å². The molecule has 0 aliphatic heterocycles. The van der Waals surface area contributed by atoms with Gasteiger partial charge in [0.25, 0.3) is 0 Å². The van der Waals surface area contributed by atoms with E-state index in [2.05, 4.69) is 34.6 Å². The molecule has 0 aromatic carbocycles. The maximum Gasteiger partial charge on any atom is -0.0293 e. The van der Waals surface area contributed by atoms with E-state index in [0.29, 0.717) is 10.8 Å². The molecular weight excluding hydrogens is 120 g/mol. The zero-order valence-corrected chi connectivity index (χ0v) is 7.99. The molecule has 0 heteroatoms. The molecule has 0 nitrogen and oxygen atoms in total. The second kappa shape index (κ2) is 1.99. The van der Waals surface area contributed by atoms with Gasteiger partial charge < -0.3 is 0 Å². The van der Waals surface area contributed by atoms with Crippen LogP contribution in [0.2, 0.25) is 0 Å². The van der Waals surface area contributed by atoms with Crippen LogP contribution in [0.25, 0.3) is 0 Å². The van der Waals surface area contributed by atoms with Crippen LogP contribution >= 0.6 is 0 Å². The Balaban J connectivity index is 2.61. The minimum absolute atomic E-state index is 0.616. The average Bonchev–Trinajstić information content (AvgIpc) is 1.86. The molecule has 1 rings (SSSR count). The SMILES string of the molecule is CCC1(C)CC(C)(C)C1C. The van der Waals surface area contributed by atoms with Crippen LogP contribution in [0, 0.1) is 16.7 Å². The Morgan fingerprint density at radius 2 is 1.80 bits per heavy atom. The summed E-state index contributed by atoms with van der Waals surface area (Å²) < 4.78 is 0. The summed E-state index contributed by atoms with van der Waals surface area (Å²) >= 11 is 0. The quantitative estimate of drug-likeness (QED) is 0.523. The second-order valence-electron chi connectivity index (χ2n) is 4.89. The molecule has 1 saturated carbocycles. The van der Waals surface area contributed by atoms with Gasteiger partial charge in [0.15, 0.2) is 0 Å². The molecule has 0 heterocycles. The summed E-state index contributed by atoms with van der Waals surface area (Å²) in [6.45, 7) is 11.9. The minimum Gasteiger partial charge on any atom is -0.0649 e. The Labute approximate surface area is 65.0 Å². The van der Waals surface area contributed by atoms with Crippen molar-refractivity contribution in [1.29, 1.82) is 0 Å². The minimum atomic E-state index is 0.616. The van der Waals surface area contributed by atoms with Gasteiger partial charge in [-0.15, -0.1) is 0 Å². The highest BCUT2D eigenvalue weighted by Gasteiger charge is 2.51. The summed E-state index contributed by atoms with van der Waals surface area (Å²) in [5.74, 6) is 0.907. The predicted octanol–water partition coefficient (Wildman–Crippen LogP) is 3.47. The molecule has 0 saturated heterocycles. The van der Waals surface area contributed by atoms with E-state index in [-0.39, 0.29) is 0 Å². The molecule has 0 amide bonds. The first-order valence-corrected chi connectivity index (χ1v) is 4.42. The van der Waals surface area contributed by atoms with Gasteiger partial charge >= 0.3 is 0 Å². The van der Waals surface area contributed by atoms with E-state index in [1.54, 1.807) is 0 Å². The zero-order valence-electron chi connectivity index (χ0n) is 7.99. The first-order chi connectivity index (χ1) is 4.42. The third kappa shape index (κ3) is 0.889. The molecule has 1 aliphatic carbocycles. The van der Waals surface area contributed by atoms with Gasteiger partial charge in [-0.3, -0.25) is 0 Å². The Hall–Kier alpha value is 0. The van der Waals surface area contributed by atoms with Crippen molar-refractivity contribution >= 4 is 0 Å². The molecule has 2 unspecified atom stereocenters. The van der Waals surface area contributed by atoms with Crippen molar-refractivity contribution in [2.24, 2.45) is 16.7 Å². The van der Waals surface area contributed by atoms with Gasteiger partial charge in [0.2, 0.25) is 0 Å². The molecule has 2 atom stereocenters. The van der Waals surface area contributed by atoms with Crippen molar-refractivity contribution in [3.8, 4) is 0 Å². The van der Waals surface area contributed by atoms with Crippen LogP contribution in [0.1, 0.15) is 47.5 Å². The molecule has 10 heavy (non-hydrogen) atoms. The highest BCUT2D eigenvalue weighted by atomic mass is 14.6. The maximum absolute atomic E-state index is 2.42.